The lowest BCUT2D eigenvalue weighted by molar-refractivity contribution is -0.191. The van der Waals surface area contributed by atoms with Crippen molar-refractivity contribution in [3.05, 3.63) is 47.5 Å². The Hall–Kier alpha value is -2.08. The molecule has 1 saturated heterocycles. The van der Waals surface area contributed by atoms with Crippen LogP contribution in [0.4, 0.5) is 13.2 Å². The number of unbranched alkanes of at least 4 members (excludes halogenated alkanes) is 2. The van der Waals surface area contributed by atoms with Crippen LogP contribution in [0.5, 0.6) is 0 Å². The lowest BCUT2D eigenvalue weighted by Gasteiger charge is -2.32. The number of alkyl halides is 3. The summed E-state index contributed by atoms with van der Waals surface area (Å²) in [5.41, 5.74) is 2.57. The number of aryl methyl sites for hydroxylation is 1. The third kappa shape index (κ3) is 4.02. The predicted octanol–water partition coefficient (Wildman–Crippen LogP) is 5.55. The molecule has 1 aliphatic rings. The first kappa shape index (κ1) is 20.6. The molecule has 3 nitrogen and oxygen atoms in total. The van der Waals surface area contributed by atoms with Crippen molar-refractivity contribution in [3.8, 4) is 0 Å². The molecular formula is C22H27F3N2O. The van der Waals surface area contributed by atoms with E-state index >= 15 is 0 Å². The Morgan fingerprint density at radius 2 is 1.86 bits per heavy atom. The fourth-order valence-electron chi connectivity index (χ4n) is 3.94. The van der Waals surface area contributed by atoms with Gasteiger partial charge in [-0.25, -0.2) is 5.01 Å². The first-order chi connectivity index (χ1) is 13.1. The van der Waals surface area contributed by atoms with Crippen LogP contribution in [0.25, 0.3) is 10.8 Å². The Bertz CT molecular complexity index is 860. The van der Waals surface area contributed by atoms with E-state index in [9.17, 15) is 18.0 Å². The monoisotopic (exact) mass is 392 g/mol. The zero-order valence-electron chi connectivity index (χ0n) is 16.6. The van der Waals surface area contributed by atoms with E-state index < -0.39 is 17.6 Å². The van der Waals surface area contributed by atoms with Crippen molar-refractivity contribution >= 4 is 16.7 Å². The predicted molar refractivity (Wildman–Crippen MR) is 105 cm³/mol. The van der Waals surface area contributed by atoms with Crippen molar-refractivity contribution in [2.24, 2.45) is 5.41 Å². The number of hydrogen-bond acceptors (Lipinski definition) is 2. The number of nitrogens with one attached hydrogen (secondary N) is 1. The third-order valence-electron chi connectivity index (χ3n) is 5.45. The van der Waals surface area contributed by atoms with E-state index in [2.05, 4.69) is 12.3 Å². The molecule has 1 aliphatic heterocycles. The van der Waals surface area contributed by atoms with E-state index in [4.69, 9.17) is 0 Å². The molecule has 3 rings (SSSR count). The van der Waals surface area contributed by atoms with Gasteiger partial charge in [0.25, 0.3) is 0 Å². The molecule has 0 spiro atoms. The maximum atomic E-state index is 14.2. The van der Waals surface area contributed by atoms with Crippen molar-refractivity contribution in [1.82, 2.24) is 10.4 Å². The summed E-state index contributed by atoms with van der Waals surface area (Å²) in [6, 6.07) is 9.03. The lowest BCUT2D eigenvalue weighted by Crippen LogP contribution is -2.44. The van der Waals surface area contributed by atoms with Crippen molar-refractivity contribution in [2.45, 2.75) is 58.7 Å². The van der Waals surface area contributed by atoms with Gasteiger partial charge in [0.15, 0.2) is 0 Å². The molecule has 1 N–H and O–H groups in total. The highest BCUT2D eigenvalue weighted by Crippen LogP contribution is 2.43. The SMILES string of the molecule is CCCCCc1c([C@H](N2CC(C)(C)C(=O)N2)C(F)(F)F)ccc2ccccc12. The van der Waals surface area contributed by atoms with Gasteiger partial charge in [-0.2, -0.15) is 13.2 Å². The number of carbonyl (C=O) groups is 1. The summed E-state index contributed by atoms with van der Waals surface area (Å²) in [6.07, 6.45) is -1.12. The van der Waals surface area contributed by atoms with Gasteiger partial charge in [-0.15, -0.1) is 0 Å². The van der Waals surface area contributed by atoms with Crippen LogP contribution in [-0.2, 0) is 11.2 Å². The molecule has 0 bridgehead atoms. The van der Waals surface area contributed by atoms with Gasteiger partial charge in [0, 0.05) is 6.54 Å². The Kier molecular flexibility index (Phi) is 5.71. The van der Waals surface area contributed by atoms with E-state index in [0.717, 1.165) is 40.6 Å². The molecule has 1 heterocycles. The largest absolute Gasteiger partial charge is 0.409 e. The molecule has 1 atom stereocenters. The number of nitrogens with zero attached hydrogens (tertiary/aromatic N) is 1. The van der Waals surface area contributed by atoms with Gasteiger partial charge in [0.2, 0.25) is 5.91 Å². The minimum absolute atomic E-state index is 0.0111. The molecule has 2 aromatic rings. The van der Waals surface area contributed by atoms with Crippen LogP contribution in [0.3, 0.4) is 0 Å². The van der Waals surface area contributed by atoms with Crippen molar-refractivity contribution < 1.29 is 18.0 Å². The Morgan fingerprint density at radius 1 is 1.14 bits per heavy atom. The van der Waals surface area contributed by atoms with Gasteiger partial charge in [-0.1, -0.05) is 56.2 Å². The van der Waals surface area contributed by atoms with E-state index in [1.807, 2.05) is 24.3 Å². The van der Waals surface area contributed by atoms with Crippen molar-refractivity contribution in [2.75, 3.05) is 6.54 Å². The average molecular weight is 392 g/mol. The number of rotatable bonds is 6. The lowest BCUT2D eigenvalue weighted by atomic mass is 9.89. The number of hydrazine groups is 1. The zero-order chi connectivity index (χ0) is 20.5. The minimum atomic E-state index is -4.50. The van der Waals surface area contributed by atoms with Crippen LogP contribution >= 0.6 is 0 Å². The smallest absolute Gasteiger partial charge is 0.287 e. The standard InChI is InChI=1S/C22H27F3N2O/c1-4-5-6-11-17-16-10-8-7-9-15(16)12-13-18(17)19(22(23,24)25)27-14-21(2,3)20(28)26-27/h7-10,12-13,19H,4-6,11,14H2,1-3H3,(H,26,28)/t19-/m0/s1. The summed E-state index contributed by atoms with van der Waals surface area (Å²) in [5, 5.41) is 2.86. The fraction of sp³-hybridized carbons (Fsp3) is 0.500. The number of carbonyl (C=O) groups excluding carboxylic acids is 1. The van der Waals surface area contributed by atoms with Crippen LogP contribution in [0.2, 0.25) is 0 Å². The van der Waals surface area contributed by atoms with E-state index in [1.165, 1.54) is 0 Å². The maximum absolute atomic E-state index is 14.2. The molecule has 1 fully saturated rings. The molecule has 6 heteroatoms. The summed E-state index contributed by atoms with van der Waals surface area (Å²) < 4.78 is 42.6. The number of halogens is 3. The van der Waals surface area contributed by atoms with E-state index in [1.54, 1.807) is 26.0 Å². The number of hydrogen-bond donors (Lipinski definition) is 1. The first-order valence-electron chi connectivity index (χ1n) is 9.80. The van der Waals surface area contributed by atoms with Crippen LogP contribution in [0.15, 0.2) is 36.4 Å². The molecule has 2 aromatic carbocycles. The molecule has 0 radical (unpaired) electrons. The molecular weight excluding hydrogens is 365 g/mol. The molecule has 1 amide bonds. The highest BCUT2D eigenvalue weighted by Gasteiger charge is 2.51. The van der Waals surface area contributed by atoms with Crippen LogP contribution in [0.1, 0.15) is 57.2 Å². The zero-order valence-corrected chi connectivity index (χ0v) is 16.6. The topological polar surface area (TPSA) is 32.3 Å². The van der Waals surface area contributed by atoms with E-state index in [-0.39, 0.29) is 18.0 Å². The second kappa shape index (κ2) is 7.74. The van der Waals surface area contributed by atoms with Crippen molar-refractivity contribution in [3.63, 3.8) is 0 Å². The van der Waals surface area contributed by atoms with Crippen molar-refractivity contribution in [1.29, 1.82) is 0 Å². The van der Waals surface area contributed by atoms with E-state index in [0.29, 0.717) is 6.42 Å². The third-order valence-corrected chi connectivity index (χ3v) is 5.45. The van der Waals surface area contributed by atoms with Gasteiger partial charge in [0.05, 0.1) is 5.41 Å². The fourth-order valence-corrected chi connectivity index (χ4v) is 3.94. The normalized spacial score (nSPS) is 18.4. The van der Waals surface area contributed by atoms with Gasteiger partial charge in [-0.3, -0.25) is 10.2 Å². The molecule has 0 unspecified atom stereocenters. The maximum Gasteiger partial charge on any atom is 0.409 e. The first-order valence-corrected chi connectivity index (χ1v) is 9.80. The average Bonchev–Trinajstić information content (AvgIpc) is 2.87. The summed E-state index contributed by atoms with van der Waals surface area (Å²) in [5.74, 6) is -0.380. The summed E-state index contributed by atoms with van der Waals surface area (Å²) in [6.45, 7) is 5.41. The molecule has 152 valence electrons. The number of benzene rings is 2. The van der Waals surface area contributed by atoms with Gasteiger partial charge in [0.1, 0.15) is 6.04 Å². The molecule has 0 saturated carbocycles. The molecule has 0 aliphatic carbocycles. The van der Waals surface area contributed by atoms with Gasteiger partial charge >= 0.3 is 6.18 Å². The van der Waals surface area contributed by atoms with Crippen LogP contribution in [0, 0.1) is 5.41 Å². The second-order valence-corrected chi connectivity index (χ2v) is 8.21. The van der Waals surface area contributed by atoms with Gasteiger partial charge < -0.3 is 0 Å². The van der Waals surface area contributed by atoms with Gasteiger partial charge in [-0.05, 0) is 48.6 Å². The number of fused-ring (bicyclic) bond motifs is 1. The Balaban J connectivity index is 2.12. The second-order valence-electron chi connectivity index (χ2n) is 8.21. The summed E-state index contributed by atoms with van der Waals surface area (Å²) in [7, 11) is 0. The Labute approximate surface area is 163 Å². The van der Waals surface area contributed by atoms with Crippen LogP contribution in [-0.4, -0.2) is 23.6 Å². The summed E-state index contributed by atoms with van der Waals surface area (Å²) >= 11 is 0. The highest BCUT2D eigenvalue weighted by atomic mass is 19.4. The minimum Gasteiger partial charge on any atom is -0.287 e. The molecule has 28 heavy (non-hydrogen) atoms. The Morgan fingerprint density at radius 3 is 2.46 bits per heavy atom. The molecule has 0 aromatic heterocycles. The highest BCUT2D eigenvalue weighted by molar-refractivity contribution is 5.87. The van der Waals surface area contributed by atoms with Crippen LogP contribution < -0.4 is 5.43 Å². The summed E-state index contributed by atoms with van der Waals surface area (Å²) in [4.78, 5) is 12.2. The quantitative estimate of drug-likeness (QED) is 0.654. The number of amides is 1.